The highest BCUT2D eigenvalue weighted by atomic mass is 16.5. The standard InChI is InChI=1S/C25H31N3O5/c1-6-17-9-8-15-12-28(24(26)22(15)27-17)13-19(29)16-10-18(25(3,4)5)23(33-14-21(30)31)20(11-16)32-7-2/h8-11,26H,6-7,12-14H2,1-5H3,(H,30,31). The Hall–Kier alpha value is -3.42. The van der Waals surface area contributed by atoms with Gasteiger partial charge >= 0.3 is 5.97 Å². The second-order valence-corrected chi connectivity index (χ2v) is 9.01. The number of carboxylic acid groups (broad SMARTS) is 1. The van der Waals surface area contributed by atoms with Crippen molar-refractivity contribution in [2.24, 2.45) is 0 Å². The first-order valence-electron chi connectivity index (χ1n) is 11.1. The van der Waals surface area contributed by atoms with Gasteiger partial charge in [-0.25, -0.2) is 9.78 Å². The lowest BCUT2D eigenvalue weighted by Crippen LogP contribution is -2.30. The van der Waals surface area contributed by atoms with Crippen molar-refractivity contribution in [1.82, 2.24) is 9.88 Å². The molecule has 0 saturated heterocycles. The van der Waals surface area contributed by atoms with Crippen LogP contribution < -0.4 is 9.47 Å². The molecule has 0 bridgehead atoms. The summed E-state index contributed by atoms with van der Waals surface area (Å²) in [6.07, 6.45) is 0.783. The van der Waals surface area contributed by atoms with Gasteiger partial charge in [-0.15, -0.1) is 0 Å². The van der Waals surface area contributed by atoms with Gasteiger partial charge in [0.25, 0.3) is 0 Å². The van der Waals surface area contributed by atoms with Crippen LogP contribution in [0.3, 0.4) is 0 Å². The van der Waals surface area contributed by atoms with E-state index in [1.165, 1.54) is 0 Å². The van der Waals surface area contributed by atoms with Crippen LogP contribution in [-0.4, -0.2) is 52.3 Å². The number of fused-ring (bicyclic) bond motifs is 1. The monoisotopic (exact) mass is 453 g/mol. The molecule has 0 aliphatic carbocycles. The number of amidine groups is 1. The molecule has 0 atom stereocenters. The largest absolute Gasteiger partial charge is 0.490 e. The van der Waals surface area contributed by atoms with E-state index in [4.69, 9.17) is 20.0 Å². The molecule has 8 heteroatoms. The number of hydrogen-bond donors (Lipinski definition) is 2. The van der Waals surface area contributed by atoms with Crippen molar-refractivity contribution in [2.45, 2.75) is 53.0 Å². The van der Waals surface area contributed by atoms with Gasteiger partial charge in [-0.3, -0.25) is 10.2 Å². The Morgan fingerprint density at radius 1 is 1.18 bits per heavy atom. The van der Waals surface area contributed by atoms with Gasteiger partial charge in [-0.1, -0.05) is 33.8 Å². The first kappa shape index (κ1) is 24.2. The molecule has 1 aliphatic heterocycles. The summed E-state index contributed by atoms with van der Waals surface area (Å²) in [5.74, 6) is -0.343. The second kappa shape index (κ2) is 9.60. The predicted octanol–water partition coefficient (Wildman–Crippen LogP) is 3.83. The number of Topliss-reactive ketones (excluding diaryl/α,β-unsaturated/α-hetero) is 1. The summed E-state index contributed by atoms with van der Waals surface area (Å²) in [6.45, 7) is 10.0. The molecule has 3 rings (SSSR count). The van der Waals surface area contributed by atoms with Crippen molar-refractivity contribution in [3.63, 3.8) is 0 Å². The maximum Gasteiger partial charge on any atom is 0.341 e. The molecule has 1 aliphatic rings. The van der Waals surface area contributed by atoms with Gasteiger partial charge in [0.05, 0.1) is 13.2 Å². The average Bonchev–Trinajstić information content (AvgIpc) is 3.06. The minimum absolute atomic E-state index is 0.0289. The highest BCUT2D eigenvalue weighted by Crippen LogP contribution is 2.40. The number of benzene rings is 1. The lowest BCUT2D eigenvalue weighted by atomic mass is 9.84. The Morgan fingerprint density at radius 2 is 1.91 bits per heavy atom. The van der Waals surface area contributed by atoms with E-state index in [0.29, 0.717) is 41.5 Å². The summed E-state index contributed by atoms with van der Waals surface area (Å²) in [5, 5.41) is 17.6. The SMILES string of the molecule is CCOc1cc(C(=O)CN2Cc3ccc(CC)nc3C2=N)cc(C(C)(C)C)c1OCC(=O)O. The van der Waals surface area contributed by atoms with Crippen LogP contribution >= 0.6 is 0 Å². The zero-order valence-corrected chi connectivity index (χ0v) is 19.8. The molecule has 0 saturated carbocycles. The van der Waals surface area contributed by atoms with E-state index >= 15 is 0 Å². The second-order valence-electron chi connectivity index (χ2n) is 9.01. The average molecular weight is 454 g/mol. The van der Waals surface area contributed by atoms with E-state index in [0.717, 1.165) is 17.7 Å². The fraction of sp³-hybridized carbons (Fsp3) is 0.440. The molecule has 0 amide bonds. The minimum atomic E-state index is -1.09. The summed E-state index contributed by atoms with van der Waals surface area (Å²) in [6, 6.07) is 7.26. The Labute approximate surface area is 194 Å². The van der Waals surface area contributed by atoms with Crippen LogP contribution in [-0.2, 0) is 23.2 Å². The molecular weight excluding hydrogens is 422 g/mol. The molecule has 176 valence electrons. The number of aryl methyl sites for hydroxylation is 1. The molecule has 0 radical (unpaired) electrons. The normalized spacial score (nSPS) is 13.1. The van der Waals surface area contributed by atoms with Crippen LogP contribution in [0.25, 0.3) is 0 Å². The highest BCUT2D eigenvalue weighted by Gasteiger charge is 2.30. The first-order chi connectivity index (χ1) is 15.5. The third-order valence-electron chi connectivity index (χ3n) is 5.46. The summed E-state index contributed by atoms with van der Waals surface area (Å²) in [7, 11) is 0. The van der Waals surface area contributed by atoms with Crippen molar-refractivity contribution in [3.05, 3.63) is 52.3 Å². The van der Waals surface area contributed by atoms with Crippen LogP contribution in [0, 0.1) is 5.41 Å². The van der Waals surface area contributed by atoms with Gasteiger partial charge in [-0.2, -0.15) is 0 Å². The maximum atomic E-state index is 13.3. The number of aliphatic carboxylic acids is 1. The summed E-state index contributed by atoms with van der Waals surface area (Å²) in [4.78, 5) is 30.6. The van der Waals surface area contributed by atoms with Gasteiger partial charge < -0.3 is 19.5 Å². The summed E-state index contributed by atoms with van der Waals surface area (Å²) in [5.41, 5.74) is 3.18. The zero-order chi connectivity index (χ0) is 24.3. The number of rotatable bonds is 9. The fourth-order valence-electron chi connectivity index (χ4n) is 3.76. The van der Waals surface area contributed by atoms with Gasteiger partial charge in [0.1, 0.15) is 11.5 Å². The lowest BCUT2D eigenvalue weighted by Gasteiger charge is -2.26. The highest BCUT2D eigenvalue weighted by molar-refractivity contribution is 6.04. The van der Waals surface area contributed by atoms with E-state index in [1.807, 2.05) is 46.8 Å². The van der Waals surface area contributed by atoms with Crippen molar-refractivity contribution < 1.29 is 24.2 Å². The number of nitrogens with one attached hydrogen (secondary N) is 1. The Morgan fingerprint density at radius 3 is 2.52 bits per heavy atom. The van der Waals surface area contributed by atoms with Gasteiger partial charge in [0.2, 0.25) is 0 Å². The molecule has 2 heterocycles. The lowest BCUT2D eigenvalue weighted by molar-refractivity contribution is -0.139. The molecule has 0 unspecified atom stereocenters. The molecular formula is C25H31N3O5. The molecule has 33 heavy (non-hydrogen) atoms. The van der Waals surface area contributed by atoms with Crippen molar-refractivity contribution in [3.8, 4) is 11.5 Å². The van der Waals surface area contributed by atoms with E-state index < -0.39 is 18.0 Å². The molecule has 0 spiro atoms. The first-order valence-corrected chi connectivity index (χ1v) is 11.1. The summed E-state index contributed by atoms with van der Waals surface area (Å²) >= 11 is 0. The van der Waals surface area contributed by atoms with Crippen LogP contribution in [0.4, 0.5) is 0 Å². The number of aromatic nitrogens is 1. The Balaban J connectivity index is 1.92. The number of nitrogens with zero attached hydrogens (tertiary/aromatic N) is 2. The van der Waals surface area contributed by atoms with Crippen LogP contribution in [0.2, 0.25) is 0 Å². The number of ketones is 1. The van der Waals surface area contributed by atoms with E-state index in [1.54, 1.807) is 17.0 Å². The van der Waals surface area contributed by atoms with Crippen molar-refractivity contribution >= 4 is 17.6 Å². The van der Waals surface area contributed by atoms with Gasteiger partial charge in [-0.05, 0) is 37.0 Å². The van der Waals surface area contributed by atoms with Gasteiger partial charge in [0.15, 0.2) is 23.9 Å². The zero-order valence-electron chi connectivity index (χ0n) is 19.8. The van der Waals surface area contributed by atoms with Crippen molar-refractivity contribution in [1.29, 1.82) is 5.41 Å². The smallest absolute Gasteiger partial charge is 0.341 e. The number of carbonyl (C=O) groups is 2. The predicted molar refractivity (Wildman–Crippen MR) is 125 cm³/mol. The third kappa shape index (κ3) is 5.32. The van der Waals surface area contributed by atoms with Crippen molar-refractivity contribution in [2.75, 3.05) is 19.8 Å². The number of hydrogen-bond acceptors (Lipinski definition) is 6. The molecule has 2 N–H and O–H groups in total. The van der Waals surface area contributed by atoms with E-state index in [-0.39, 0.29) is 18.2 Å². The molecule has 2 aromatic rings. The summed E-state index contributed by atoms with van der Waals surface area (Å²) < 4.78 is 11.3. The quantitative estimate of drug-likeness (QED) is 0.555. The number of carbonyl (C=O) groups excluding carboxylic acids is 1. The Bertz CT molecular complexity index is 1090. The number of carboxylic acids is 1. The molecule has 1 aromatic heterocycles. The molecule has 0 fully saturated rings. The minimum Gasteiger partial charge on any atom is -0.490 e. The topological polar surface area (TPSA) is 113 Å². The van der Waals surface area contributed by atoms with Crippen LogP contribution in [0.1, 0.15) is 67.5 Å². The van der Waals surface area contributed by atoms with Gasteiger partial charge in [0, 0.05) is 28.9 Å². The van der Waals surface area contributed by atoms with Crippen LogP contribution in [0.15, 0.2) is 24.3 Å². The number of pyridine rings is 1. The fourth-order valence-corrected chi connectivity index (χ4v) is 3.76. The Kier molecular flexibility index (Phi) is 7.05. The van der Waals surface area contributed by atoms with Crippen LogP contribution in [0.5, 0.6) is 11.5 Å². The van der Waals surface area contributed by atoms with E-state index in [9.17, 15) is 9.59 Å². The maximum absolute atomic E-state index is 13.3. The van der Waals surface area contributed by atoms with E-state index in [2.05, 4.69) is 4.98 Å². The molecule has 1 aromatic carbocycles. The number of ether oxygens (including phenoxy) is 2. The molecule has 8 nitrogen and oxygen atoms in total. The third-order valence-corrected chi connectivity index (χ3v) is 5.46.